The Labute approximate surface area is 124 Å². The van der Waals surface area contributed by atoms with Crippen molar-refractivity contribution >= 4 is 11.6 Å². The molecule has 0 radical (unpaired) electrons. The Morgan fingerprint density at radius 2 is 1.67 bits per heavy atom. The summed E-state index contributed by atoms with van der Waals surface area (Å²) in [5.74, 6) is -0.481. The summed E-state index contributed by atoms with van der Waals surface area (Å²) in [7, 11) is 1.65. The first-order chi connectivity index (χ1) is 9.91. The van der Waals surface area contributed by atoms with E-state index < -0.39 is 0 Å². The fourth-order valence-corrected chi connectivity index (χ4v) is 2.18. The largest absolute Gasteiger partial charge is 0.508 e. The summed E-state index contributed by atoms with van der Waals surface area (Å²) in [6, 6.07) is 12.0. The van der Waals surface area contributed by atoms with E-state index in [-0.39, 0.29) is 28.9 Å². The van der Waals surface area contributed by atoms with Gasteiger partial charge in [0.25, 0.3) is 5.91 Å². The maximum Gasteiger partial charge on any atom is 0.261 e. The molecule has 0 atom stereocenters. The first-order valence-electron chi connectivity index (χ1n) is 6.80. The molecule has 1 amide bonds. The maximum absolute atomic E-state index is 12.5. The van der Waals surface area contributed by atoms with Crippen LogP contribution in [0, 0.1) is 0 Å². The number of phenols is 2. The van der Waals surface area contributed by atoms with Gasteiger partial charge in [0.2, 0.25) is 0 Å². The number of carbonyl (C=O) groups excluding carboxylic acids is 1. The van der Waals surface area contributed by atoms with Crippen LogP contribution in [0.3, 0.4) is 0 Å². The van der Waals surface area contributed by atoms with Gasteiger partial charge < -0.3 is 15.1 Å². The van der Waals surface area contributed by atoms with Gasteiger partial charge in [-0.25, -0.2) is 0 Å². The van der Waals surface area contributed by atoms with Crippen molar-refractivity contribution in [2.45, 2.75) is 19.8 Å². The number of benzene rings is 2. The third-order valence-corrected chi connectivity index (χ3v) is 3.45. The van der Waals surface area contributed by atoms with Gasteiger partial charge in [-0.3, -0.25) is 4.79 Å². The number of nitrogens with zero attached hydrogens (tertiary/aromatic N) is 1. The summed E-state index contributed by atoms with van der Waals surface area (Å²) in [5.41, 5.74) is 1.56. The zero-order chi connectivity index (χ0) is 15.6. The Bertz CT molecular complexity index is 651. The number of amides is 1. The normalized spacial score (nSPS) is 10.7. The fraction of sp³-hybridized carbons (Fsp3) is 0.235. The van der Waals surface area contributed by atoms with Crippen LogP contribution >= 0.6 is 0 Å². The monoisotopic (exact) mass is 285 g/mol. The number of phenolic OH excluding ortho intramolecular Hbond substituents is 2. The number of rotatable bonds is 3. The van der Waals surface area contributed by atoms with Crippen LogP contribution in [0.15, 0.2) is 42.5 Å². The van der Waals surface area contributed by atoms with Gasteiger partial charge in [0.1, 0.15) is 11.5 Å². The molecule has 0 aliphatic rings. The van der Waals surface area contributed by atoms with E-state index in [1.807, 2.05) is 44.2 Å². The van der Waals surface area contributed by atoms with E-state index in [1.54, 1.807) is 13.1 Å². The van der Waals surface area contributed by atoms with E-state index >= 15 is 0 Å². The van der Waals surface area contributed by atoms with Crippen molar-refractivity contribution in [3.05, 3.63) is 53.6 Å². The second-order valence-electron chi connectivity index (χ2n) is 5.28. The van der Waals surface area contributed by atoms with Crippen LogP contribution in [0.2, 0.25) is 0 Å². The van der Waals surface area contributed by atoms with Gasteiger partial charge in [0.05, 0.1) is 5.56 Å². The smallest absolute Gasteiger partial charge is 0.261 e. The topological polar surface area (TPSA) is 60.8 Å². The molecule has 0 saturated heterocycles. The molecular formula is C17H19NO3. The van der Waals surface area contributed by atoms with Crippen molar-refractivity contribution in [2.24, 2.45) is 0 Å². The predicted octanol–water partition coefficient (Wildman–Crippen LogP) is 3.50. The second kappa shape index (κ2) is 5.87. The number of para-hydroxylation sites is 1. The molecule has 2 rings (SSSR count). The second-order valence-corrected chi connectivity index (χ2v) is 5.28. The highest BCUT2D eigenvalue weighted by molar-refractivity contribution is 6.07. The van der Waals surface area contributed by atoms with Crippen molar-refractivity contribution in [3.8, 4) is 11.5 Å². The summed E-state index contributed by atoms with van der Waals surface area (Å²) in [4.78, 5) is 14.0. The highest BCUT2D eigenvalue weighted by Crippen LogP contribution is 2.33. The molecule has 0 aliphatic carbocycles. The van der Waals surface area contributed by atoms with E-state index in [1.165, 1.54) is 11.0 Å². The molecule has 110 valence electrons. The summed E-state index contributed by atoms with van der Waals surface area (Å²) >= 11 is 0. The Kier molecular flexibility index (Phi) is 4.17. The molecule has 2 aromatic carbocycles. The zero-order valence-electron chi connectivity index (χ0n) is 12.4. The van der Waals surface area contributed by atoms with Crippen LogP contribution < -0.4 is 4.90 Å². The minimum absolute atomic E-state index is 0.00131. The van der Waals surface area contributed by atoms with E-state index in [2.05, 4.69) is 0 Å². The molecule has 0 spiro atoms. The molecule has 0 saturated carbocycles. The maximum atomic E-state index is 12.5. The Balaban J connectivity index is 2.42. The highest BCUT2D eigenvalue weighted by atomic mass is 16.3. The van der Waals surface area contributed by atoms with Crippen LogP contribution in [0.25, 0.3) is 0 Å². The Morgan fingerprint density at radius 3 is 2.24 bits per heavy atom. The molecular weight excluding hydrogens is 266 g/mol. The van der Waals surface area contributed by atoms with Crippen LogP contribution in [0.5, 0.6) is 11.5 Å². The summed E-state index contributed by atoms with van der Waals surface area (Å²) in [5, 5.41) is 19.8. The lowest BCUT2D eigenvalue weighted by molar-refractivity contribution is 0.0990. The Morgan fingerprint density at radius 1 is 1.05 bits per heavy atom. The highest BCUT2D eigenvalue weighted by Gasteiger charge is 2.20. The lowest BCUT2D eigenvalue weighted by Crippen LogP contribution is -2.26. The number of carbonyl (C=O) groups is 1. The van der Waals surface area contributed by atoms with Crippen LogP contribution in [-0.4, -0.2) is 23.2 Å². The molecule has 0 fully saturated rings. The van der Waals surface area contributed by atoms with E-state index in [4.69, 9.17) is 0 Å². The van der Waals surface area contributed by atoms with Crippen molar-refractivity contribution < 1.29 is 15.0 Å². The minimum Gasteiger partial charge on any atom is -0.508 e. The van der Waals surface area contributed by atoms with Gasteiger partial charge in [-0.05, 0) is 29.7 Å². The van der Waals surface area contributed by atoms with Crippen LogP contribution in [0.4, 0.5) is 5.69 Å². The summed E-state index contributed by atoms with van der Waals surface area (Å²) < 4.78 is 0. The third-order valence-electron chi connectivity index (χ3n) is 3.45. The molecule has 0 heterocycles. The zero-order valence-corrected chi connectivity index (χ0v) is 12.4. The lowest BCUT2D eigenvalue weighted by Gasteiger charge is -2.19. The molecule has 0 aromatic heterocycles. The van der Waals surface area contributed by atoms with Gasteiger partial charge in [-0.15, -0.1) is 0 Å². The summed E-state index contributed by atoms with van der Waals surface area (Å²) in [6.07, 6.45) is 0. The van der Waals surface area contributed by atoms with Crippen molar-refractivity contribution in [1.82, 2.24) is 0 Å². The molecule has 4 nitrogen and oxygen atoms in total. The van der Waals surface area contributed by atoms with Crippen molar-refractivity contribution in [1.29, 1.82) is 0 Å². The third kappa shape index (κ3) is 2.99. The van der Waals surface area contributed by atoms with E-state index in [9.17, 15) is 15.0 Å². The lowest BCUT2D eigenvalue weighted by atomic mass is 9.98. The SMILES string of the molecule is CC(C)c1cc(C(=O)N(C)c2ccccc2)c(O)cc1O. The standard InChI is InChI=1S/C17H19NO3/c1-11(2)13-9-14(16(20)10-15(13)19)17(21)18(3)12-7-5-4-6-8-12/h4-11,19-20H,1-3H3. The Hall–Kier alpha value is -2.49. The quantitative estimate of drug-likeness (QED) is 0.907. The van der Waals surface area contributed by atoms with Gasteiger partial charge in [-0.1, -0.05) is 32.0 Å². The first kappa shape index (κ1) is 14.9. The number of anilines is 1. The van der Waals surface area contributed by atoms with E-state index in [0.717, 1.165) is 5.69 Å². The average Bonchev–Trinajstić information content (AvgIpc) is 2.46. The molecule has 2 aromatic rings. The van der Waals surface area contributed by atoms with Gasteiger partial charge in [0, 0.05) is 18.8 Å². The average molecular weight is 285 g/mol. The minimum atomic E-state index is -0.319. The number of hydrogen-bond donors (Lipinski definition) is 2. The first-order valence-corrected chi connectivity index (χ1v) is 6.80. The molecule has 4 heteroatoms. The number of hydrogen-bond acceptors (Lipinski definition) is 3. The van der Waals surface area contributed by atoms with Gasteiger partial charge in [0.15, 0.2) is 0 Å². The van der Waals surface area contributed by atoms with E-state index in [0.29, 0.717) is 5.56 Å². The molecule has 0 bridgehead atoms. The summed E-state index contributed by atoms with van der Waals surface area (Å²) in [6.45, 7) is 3.84. The molecule has 0 aliphatic heterocycles. The molecule has 0 unspecified atom stereocenters. The van der Waals surface area contributed by atoms with Crippen LogP contribution in [-0.2, 0) is 0 Å². The van der Waals surface area contributed by atoms with Crippen molar-refractivity contribution in [2.75, 3.05) is 11.9 Å². The fourth-order valence-electron chi connectivity index (χ4n) is 2.18. The molecule has 2 N–H and O–H groups in total. The van der Waals surface area contributed by atoms with Crippen LogP contribution in [0.1, 0.15) is 35.7 Å². The van der Waals surface area contributed by atoms with Gasteiger partial charge in [-0.2, -0.15) is 0 Å². The van der Waals surface area contributed by atoms with Gasteiger partial charge >= 0.3 is 0 Å². The molecule has 21 heavy (non-hydrogen) atoms. The number of aromatic hydroxyl groups is 2. The van der Waals surface area contributed by atoms with Crippen molar-refractivity contribution in [3.63, 3.8) is 0 Å². The predicted molar refractivity (Wildman–Crippen MR) is 83.0 cm³/mol.